The molecule has 2 aromatic rings. The maximum atomic E-state index is 11.9. The second-order valence-electron chi connectivity index (χ2n) is 5.96. The number of carbonyl (C=O) groups excluding carboxylic acids is 1. The maximum Gasteiger partial charge on any atom is 0.319 e. The van der Waals surface area contributed by atoms with E-state index in [9.17, 15) is 4.79 Å². The first-order valence-electron chi connectivity index (χ1n) is 8.45. The van der Waals surface area contributed by atoms with E-state index in [-0.39, 0.29) is 6.03 Å². The number of anilines is 1. The van der Waals surface area contributed by atoms with E-state index in [1.54, 1.807) is 0 Å². The Kier molecular flexibility index (Phi) is 6.67. The molecule has 0 aromatic heterocycles. The number of rotatable bonds is 7. The lowest BCUT2D eigenvalue weighted by atomic mass is 10.0. The van der Waals surface area contributed by atoms with Gasteiger partial charge in [-0.3, -0.25) is 0 Å². The van der Waals surface area contributed by atoms with E-state index < -0.39 is 0 Å². The molecule has 0 heterocycles. The summed E-state index contributed by atoms with van der Waals surface area (Å²) in [4.78, 5) is 11.9. The standard InChI is InChI=1S/C20H26N2O2/c1-4-16-7-5-6-8-19(16)22-20(23)21-13-14-24-18-11-9-17(10-12-18)15(2)3/h5-12,15H,4,13-14H2,1-3H3,(H2,21,22,23). The normalized spacial score (nSPS) is 10.5. The topological polar surface area (TPSA) is 50.4 Å². The van der Waals surface area contributed by atoms with Crippen molar-refractivity contribution < 1.29 is 9.53 Å². The fourth-order valence-electron chi connectivity index (χ4n) is 2.40. The molecule has 0 atom stereocenters. The summed E-state index contributed by atoms with van der Waals surface area (Å²) in [6, 6.07) is 15.7. The van der Waals surface area contributed by atoms with E-state index >= 15 is 0 Å². The Morgan fingerprint density at radius 2 is 1.79 bits per heavy atom. The van der Waals surface area contributed by atoms with E-state index in [1.807, 2.05) is 36.4 Å². The van der Waals surface area contributed by atoms with Gasteiger partial charge in [0.25, 0.3) is 0 Å². The van der Waals surface area contributed by atoms with Crippen LogP contribution < -0.4 is 15.4 Å². The Labute approximate surface area is 144 Å². The molecule has 0 unspecified atom stereocenters. The van der Waals surface area contributed by atoms with Crippen LogP contribution in [0.5, 0.6) is 5.75 Å². The molecule has 128 valence electrons. The number of para-hydroxylation sites is 1. The summed E-state index contributed by atoms with van der Waals surface area (Å²) in [5.41, 5.74) is 3.26. The molecule has 2 rings (SSSR count). The van der Waals surface area contributed by atoms with Crippen molar-refractivity contribution in [2.75, 3.05) is 18.5 Å². The summed E-state index contributed by atoms with van der Waals surface area (Å²) >= 11 is 0. The Bertz CT molecular complexity index is 651. The van der Waals surface area contributed by atoms with Crippen molar-refractivity contribution in [1.29, 1.82) is 0 Å². The number of ether oxygens (including phenoxy) is 1. The summed E-state index contributed by atoms with van der Waals surface area (Å²) in [6.45, 7) is 7.27. The molecular formula is C20H26N2O2. The van der Waals surface area contributed by atoms with Crippen LogP contribution in [-0.4, -0.2) is 19.2 Å². The van der Waals surface area contributed by atoms with E-state index in [0.29, 0.717) is 19.1 Å². The van der Waals surface area contributed by atoms with Gasteiger partial charge in [-0.2, -0.15) is 0 Å². The minimum atomic E-state index is -0.213. The summed E-state index contributed by atoms with van der Waals surface area (Å²) < 4.78 is 5.64. The van der Waals surface area contributed by atoms with Crippen LogP contribution in [0.25, 0.3) is 0 Å². The number of urea groups is 1. The van der Waals surface area contributed by atoms with Gasteiger partial charge in [0.2, 0.25) is 0 Å². The minimum Gasteiger partial charge on any atom is -0.492 e. The molecule has 4 heteroatoms. The van der Waals surface area contributed by atoms with Crippen molar-refractivity contribution in [2.24, 2.45) is 0 Å². The largest absolute Gasteiger partial charge is 0.492 e. The summed E-state index contributed by atoms with van der Waals surface area (Å²) in [5.74, 6) is 1.33. The van der Waals surface area contributed by atoms with Gasteiger partial charge < -0.3 is 15.4 Å². The van der Waals surface area contributed by atoms with E-state index in [1.165, 1.54) is 5.56 Å². The van der Waals surface area contributed by atoms with Crippen molar-refractivity contribution >= 4 is 11.7 Å². The Hall–Kier alpha value is -2.49. The lowest BCUT2D eigenvalue weighted by molar-refractivity contribution is 0.247. The first-order chi connectivity index (χ1) is 11.6. The van der Waals surface area contributed by atoms with E-state index in [0.717, 1.165) is 23.4 Å². The summed E-state index contributed by atoms with van der Waals surface area (Å²) in [5, 5.41) is 5.68. The highest BCUT2D eigenvalue weighted by Crippen LogP contribution is 2.18. The molecule has 0 fully saturated rings. The number of hydrogen-bond donors (Lipinski definition) is 2. The number of hydrogen-bond acceptors (Lipinski definition) is 2. The molecular weight excluding hydrogens is 300 g/mol. The number of aryl methyl sites for hydroxylation is 1. The van der Waals surface area contributed by atoms with Crippen LogP contribution in [0, 0.1) is 0 Å². The quantitative estimate of drug-likeness (QED) is 0.732. The summed E-state index contributed by atoms with van der Waals surface area (Å²) in [7, 11) is 0. The molecule has 0 saturated heterocycles. The van der Waals surface area contributed by atoms with Crippen molar-refractivity contribution in [3.8, 4) is 5.75 Å². The lowest BCUT2D eigenvalue weighted by Crippen LogP contribution is -2.32. The van der Waals surface area contributed by atoms with Crippen LogP contribution in [0.4, 0.5) is 10.5 Å². The van der Waals surface area contributed by atoms with Crippen molar-refractivity contribution in [3.05, 3.63) is 59.7 Å². The Balaban J connectivity index is 1.73. The predicted molar refractivity (Wildman–Crippen MR) is 98.9 cm³/mol. The van der Waals surface area contributed by atoms with Gasteiger partial charge in [-0.1, -0.05) is 51.1 Å². The van der Waals surface area contributed by atoms with Crippen LogP contribution in [0.2, 0.25) is 0 Å². The fraction of sp³-hybridized carbons (Fsp3) is 0.350. The lowest BCUT2D eigenvalue weighted by Gasteiger charge is -2.12. The molecule has 2 amide bonds. The molecule has 0 aliphatic carbocycles. The van der Waals surface area contributed by atoms with Crippen LogP contribution in [0.1, 0.15) is 37.8 Å². The molecule has 0 radical (unpaired) electrons. The predicted octanol–water partition coefficient (Wildman–Crippen LogP) is 4.57. The van der Waals surface area contributed by atoms with Crippen LogP contribution >= 0.6 is 0 Å². The van der Waals surface area contributed by atoms with Gasteiger partial charge in [0.1, 0.15) is 12.4 Å². The molecule has 0 aliphatic heterocycles. The third-order valence-corrected chi connectivity index (χ3v) is 3.85. The molecule has 0 aliphatic rings. The van der Waals surface area contributed by atoms with Gasteiger partial charge in [0.05, 0.1) is 6.54 Å². The zero-order valence-electron chi connectivity index (χ0n) is 14.6. The highest BCUT2D eigenvalue weighted by molar-refractivity contribution is 5.90. The van der Waals surface area contributed by atoms with Gasteiger partial charge in [0, 0.05) is 5.69 Å². The van der Waals surface area contributed by atoms with Gasteiger partial charge in [-0.25, -0.2) is 4.79 Å². The molecule has 0 spiro atoms. The second-order valence-corrected chi connectivity index (χ2v) is 5.96. The van der Waals surface area contributed by atoms with Gasteiger partial charge in [-0.15, -0.1) is 0 Å². The number of carbonyl (C=O) groups is 1. The highest BCUT2D eigenvalue weighted by Gasteiger charge is 2.05. The molecule has 0 bridgehead atoms. The molecule has 4 nitrogen and oxygen atoms in total. The fourth-order valence-corrected chi connectivity index (χ4v) is 2.40. The zero-order valence-corrected chi connectivity index (χ0v) is 14.6. The average molecular weight is 326 g/mol. The van der Waals surface area contributed by atoms with Gasteiger partial charge >= 0.3 is 6.03 Å². The number of amides is 2. The van der Waals surface area contributed by atoms with E-state index in [2.05, 4.69) is 43.5 Å². The van der Waals surface area contributed by atoms with Gasteiger partial charge in [0.15, 0.2) is 0 Å². The number of nitrogens with one attached hydrogen (secondary N) is 2. The third-order valence-electron chi connectivity index (χ3n) is 3.85. The van der Waals surface area contributed by atoms with Crippen LogP contribution in [0.3, 0.4) is 0 Å². The second kappa shape index (κ2) is 8.96. The first-order valence-corrected chi connectivity index (χ1v) is 8.45. The van der Waals surface area contributed by atoms with Crippen molar-refractivity contribution in [3.63, 3.8) is 0 Å². The monoisotopic (exact) mass is 326 g/mol. The molecule has 2 aromatic carbocycles. The third kappa shape index (κ3) is 5.30. The Morgan fingerprint density at radius 1 is 1.08 bits per heavy atom. The zero-order chi connectivity index (χ0) is 17.4. The first kappa shape index (κ1) is 17.9. The molecule has 2 N–H and O–H groups in total. The molecule has 0 saturated carbocycles. The minimum absolute atomic E-state index is 0.213. The van der Waals surface area contributed by atoms with Crippen molar-refractivity contribution in [2.45, 2.75) is 33.1 Å². The van der Waals surface area contributed by atoms with Gasteiger partial charge in [-0.05, 0) is 41.7 Å². The Morgan fingerprint density at radius 3 is 2.46 bits per heavy atom. The summed E-state index contributed by atoms with van der Waals surface area (Å²) in [6.07, 6.45) is 0.881. The van der Waals surface area contributed by atoms with Crippen molar-refractivity contribution in [1.82, 2.24) is 5.32 Å². The average Bonchev–Trinajstić information content (AvgIpc) is 2.59. The number of benzene rings is 2. The SMILES string of the molecule is CCc1ccccc1NC(=O)NCCOc1ccc(C(C)C)cc1. The van der Waals surface area contributed by atoms with E-state index in [4.69, 9.17) is 4.74 Å². The molecule has 24 heavy (non-hydrogen) atoms. The highest BCUT2D eigenvalue weighted by atomic mass is 16.5. The maximum absolute atomic E-state index is 11.9. The van der Waals surface area contributed by atoms with Crippen LogP contribution in [0.15, 0.2) is 48.5 Å². The van der Waals surface area contributed by atoms with Crippen LogP contribution in [-0.2, 0) is 6.42 Å². The smallest absolute Gasteiger partial charge is 0.319 e.